The molecule has 0 amide bonds. The van der Waals surface area contributed by atoms with Crippen LogP contribution < -0.4 is 0 Å². The molecule has 0 radical (unpaired) electrons. The van der Waals surface area contributed by atoms with Crippen LogP contribution in [-0.4, -0.2) is 33.7 Å². The number of carboxylic acid groups (broad SMARTS) is 1. The van der Waals surface area contributed by atoms with Crippen molar-refractivity contribution < 1.29 is 24.9 Å². The number of carbonyl (C=O) groups excluding carboxylic acids is 1. The summed E-state index contributed by atoms with van der Waals surface area (Å²) in [5.41, 5.74) is -0.762. The molecular formula is C20H26O5. The molecule has 4 atom stereocenters. The lowest BCUT2D eigenvalue weighted by atomic mass is 9.49. The second-order valence-electron chi connectivity index (χ2n) is 8.37. The summed E-state index contributed by atoms with van der Waals surface area (Å²) in [5, 5.41) is 29.5. The van der Waals surface area contributed by atoms with E-state index in [0.717, 1.165) is 18.4 Å². The predicted molar refractivity (Wildman–Crippen MR) is 92.5 cm³/mol. The van der Waals surface area contributed by atoms with E-state index in [0.29, 0.717) is 17.5 Å². The number of carboxylic acids is 1. The van der Waals surface area contributed by atoms with E-state index in [2.05, 4.69) is 6.92 Å². The quantitative estimate of drug-likeness (QED) is 0.782. The summed E-state index contributed by atoms with van der Waals surface area (Å²) in [5.74, 6) is -1.16. The van der Waals surface area contributed by atoms with Crippen molar-refractivity contribution in [2.24, 2.45) is 11.3 Å². The summed E-state index contributed by atoms with van der Waals surface area (Å²) in [6.45, 7) is 4.90. The van der Waals surface area contributed by atoms with Crippen molar-refractivity contribution in [2.75, 3.05) is 6.61 Å². The zero-order valence-electron chi connectivity index (χ0n) is 15.0. The van der Waals surface area contributed by atoms with Gasteiger partial charge in [0.05, 0.1) is 12.0 Å². The predicted octanol–water partition coefficient (Wildman–Crippen LogP) is 2.62. The molecule has 1 saturated carbocycles. The molecule has 3 N–H and O–H groups in total. The number of rotatable bonds is 3. The smallest absolute Gasteiger partial charge is 0.309 e. The average molecular weight is 346 g/mol. The second-order valence-corrected chi connectivity index (χ2v) is 8.37. The maximum Gasteiger partial charge on any atom is 0.309 e. The molecule has 2 aliphatic rings. The fourth-order valence-corrected chi connectivity index (χ4v) is 4.90. The minimum atomic E-state index is -1.41. The van der Waals surface area contributed by atoms with E-state index < -0.39 is 23.6 Å². The Morgan fingerprint density at radius 1 is 1.32 bits per heavy atom. The summed E-state index contributed by atoms with van der Waals surface area (Å²) in [6, 6.07) is 5.25. The van der Waals surface area contributed by atoms with Crippen LogP contribution in [0.4, 0.5) is 0 Å². The molecule has 0 bridgehead atoms. The van der Waals surface area contributed by atoms with Gasteiger partial charge in [0.1, 0.15) is 5.60 Å². The van der Waals surface area contributed by atoms with Gasteiger partial charge in [0.25, 0.3) is 0 Å². The maximum atomic E-state index is 12.8. The van der Waals surface area contributed by atoms with E-state index in [4.69, 9.17) is 0 Å². The highest BCUT2D eigenvalue weighted by Gasteiger charge is 2.56. The monoisotopic (exact) mass is 346 g/mol. The number of benzene rings is 1. The van der Waals surface area contributed by atoms with Crippen LogP contribution in [0.25, 0.3) is 0 Å². The van der Waals surface area contributed by atoms with Crippen molar-refractivity contribution in [1.29, 1.82) is 0 Å². The minimum Gasteiger partial charge on any atom is -0.481 e. The first-order valence-electron chi connectivity index (χ1n) is 8.81. The molecule has 1 unspecified atom stereocenters. The molecule has 136 valence electrons. The van der Waals surface area contributed by atoms with Gasteiger partial charge in [-0.1, -0.05) is 25.5 Å². The van der Waals surface area contributed by atoms with Crippen molar-refractivity contribution in [3.63, 3.8) is 0 Å². The Labute approximate surface area is 147 Å². The van der Waals surface area contributed by atoms with Gasteiger partial charge in [0.15, 0.2) is 5.78 Å². The number of aliphatic hydroxyl groups is 2. The van der Waals surface area contributed by atoms with Crippen molar-refractivity contribution in [3.8, 4) is 0 Å². The molecular weight excluding hydrogens is 320 g/mol. The lowest BCUT2D eigenvalue weighted by molar-refractivity contribution is -0.156. The molecule has 5 heteroatoms. The number of aliphatic carboxylic acids is 1. The number of aliphatic hydroxyl groups excluding tert-OH is 1. The zero-order valence-corrected chi connectivity index (χ0v) is 15.0. The number of carbonyl (C=O) groups is 2. The molecule has 1 aromatic carbocycles. The normalized spacial score (nSPS) is 34.0. The summed E-state index contributed by atoms with van der Waals surface area (Å²) < 4.78 is 0. The van der Waals surface area contributed by atoms with Crippen molar-refractivity contribution in [1.82, 2.24) is 0 Å². The Bertz CT molecular complexity index is 738. The number of Topliss-reactive ketones (excluding diaryl/α,β-unsaturated/α-hetero) is 1. The van der Waals surface area contributed by atoms with Gasteiger partial charge in [-0.05, 0) is 55.2 Å². The minimum absolute atomic E-state index is 0.0811. The van der Waals surface area contributed by atoms with Gasteiger partial charge in [-0.3, -0.25) is 9.59 Å². The fraction of sp³-hybridized carbons (Fsp3) is 0.600. The topological polar surface area (TPSA) is 94.8 Å². The molecule has 5 nitrogen and oxygen atoms in total. The number of hydrogen-bond donors (Lipinski definition) is 3. The largest absolute Gasteiger partial charge is 0.481 e. The van der Waals surface area contributed by atoms with Crippen molar-refractivity contribution in [2.45, 2.75) is 57.5 Å². The van der Waals surface area contributed by atoms with E-state index in [1.807, 2.05) is 6.07 Å². The van der Waals surface area contributed by atoms with Gasteiger partial charge in [-0.2, -0.15) is 0 Å². The first-order chi connectivity index (χ1) is 11.6. The highest BCUT2D eigenvalue weighted by Crippen LogP contribution is 2.57. The van der Waals surface area contributed by atoms with E-state index in [1.165, 1.54) is 6.92 Å². The van der Waals surface area contributed by atoms with E-state index in [9.17, 15) is 24.9 Å². The van der Waals surface area contributed by atoms with Crippen LogP contribution in [0.15, 0.2) is 18.2 Å². The average Bonchev–Trinajstić information content (AvgIpc) is 2.56. The molecule has 3 rings (SSSR count). The maximum absolute atomic E-state index is 12.8. The molecule has 0 aliphatic heterocycles. The first-order valence-corrected chi connectivity index (χ1v) is 8.81. The van der Waals surface area contributed by atoms with Gasteiger partial charge < -0.3 is 15.3 Å². The molecule has 1 fully saturated rings. The van der Waals surface area contributed by atoms with E-state index >= 15 is 0 Å². The lowest BCUT2D eigenvalue weighted by Crippen LogP contribution is -2.53. The number of hydrogen-bond acceptors (Lipinski definition) is 4. The molecule has 2 aliphatic carbocycles. The standard InChI is InChI=1S/C20H26O5/c1-18-7-4-8-19(2,17(23)24)16(18)10-15(22)13-9-12(5-6-14(13)18)20(3,25)11-21/h5-6,9,16,21,25H,4,7-8,10-11H2,1-3H3,(H,23,24)/t16?,18-,19+,20-/m1/s1. The Morgan fingerprint density at radius 2 is 2.00 bits per heavy atom. The van der Waals surface area contributed by atoms with Crippen LogP contribution >= 0.6 is 0 Å². The number of fused-ring (bicyclic) bond motifs is 3. The molecule has 25 heavy (non-hydrogen) atoms. The fourth-order valence-electron chi connectivity index (χ4n) is 4.90. The second kappa shape index (κ2) is 5.64. The highest BCUT2D eigenvalue weighted by molar-refractivity contribution is 6.00. The van der Waals surface area contributed by atoms with E-state index in [-0.39, 0.29) is 23.5 Å². The zero-order chi connectivity index (χ0) is 18.6. The molecule has 0 spiro atoms. The van der Waals surface area contributed by atoms with Crippen LogP contribution in [0.3, 0.4) is 0 Å². The molecule has 0 saturated heterocycles. The molecule has 0 aromatic heterocycles. The van der Waals surface area contributed by atoms with Gasteiger partial charge in [0, 0.05) is 12.0 Å². The van der Waals surface area contributed by atoms with Gasteiger partial charge in [0.2, 0.25) is 0 Å². The van der Waals surface area contributed by atoms with Crippen LogP contribution in [0.1, 0.15) is 67.9 Å². The highest BCUT2D eigenvalue weighted by atomic mass is 16.4. The van der Waals surface area contributed by atoms with Crippen molar-refractivity contribution in [3.05, 3.63) is 34.9 Å². The van der Waals surface area contributed by atoms with Crippen LogP contribution in [0.2, 0.25) is 0 Å². The Hall–Kier alpha value is -1.72. The third-order valence-corrected chi connectivity index (χ3v) is 6.67. The summed E-state index contributed by atoms with van der Waals surface area (Å²) >= 11 is 0. The lowest BCUT2D eigenvalue weighted by Gasteiger charge is -2.53. The third kappa shape index (κ3) is 2.52. The molecule has 1 aromatic rings. The van der Waals surface area contributed by atoms with Crippen molar-refractivity contribution >= 4 is 11.8 Å². The number of ketones is 1. The Kier molecular flexibility index (Phi) is 4.08. The van der Waals surface area contributed by atoms with Gasteiger partial charge in [-0.25, -0.2) is 0 Å². The third-order valence-electron chi connectivity index (χ3n) is 6.67. The Morgan fingerprint density at radius 3 is 2.60 bits per heavy atom. The van der Waals surface area contributed by atoms with Crippen LogP contribution in [0.5, 0.6) is 0 Å². The summed E-state index contributed by atoms with van der Waals surface area (Å²) in [6.07, 6.45) is 2.44. The van der Waals surface area contributed by atoms with Crippen LogP contribution in [0, 0.1) is 11.3 Å². The SMILES string of the molecule is C[C@@](O)(CO)c1ccc2c(c1)C(=O)CC1[C@@](C)(C(=O)O)CCC[C@]21C. The van der Waals surface area contributed by atoms with E-state index in [1.54, 1.807) is 19.1 Å². The summed E-state index contributed by atoms with van der Waals surface area (Å²) in [7, 11) is 0. The molecule has 0 heterocycles. The van der Waals surface area contributed by atoms with Crippen LogP contribution in [-0.2, 0) is 15.8 Å². The van der Waals surface area contributed by atoms with Gasteiger partial charge in [-0.15, -0.1) is 0 Å². The van der Waals surface area contributed by atoms with Gasteiger partial charge >= 0.3 is 5.97 Å². The summed E-state index contributed by atoms with van der Waals surface area (Å²) in [4.78, 5) is 24.8. The first kappa shape index (κ1) is 18.1. The Balaban J connectivity index is 2.15.